The number of hydrogen-bond donors (Lipinski definition) is 14. The third kappa shape index (κ3) is 33.9. The van der Waals surface area contributed by atoms with Crippen LogP contribution in [0.25, 0.3) is 0 Å². The van der Waals surface area contributed by atoms with Gasteiger partial charge < -0.3 is 86.5 Å². The number of hydrogen-bond acceptors (Lipinski definition) is 22. The van der Waals surface area contributed by atoms with Crippen molar-refractivity contribution in [1.82, 2.24) is 40.9 Å². The summed E-state index contributed by atoms with van der Waals surface area (Å²) in [6.07, 6.45) is -0.571. The first-order chi connectivity index (χ1) is 40.1. The van der Waals surface area contributed by atoms with Gasteiger partial charge >= 0.3 is 47.8 Å². The van der Waals surface area contributed by atoms with Crippen LogP contribution < -0.4 is 21.3 Å². The van der Waals surface area contributed by atoms with Crippen molar-refractivity contribution in [3.05, 3.63) is 12.2 Å². The number of carboxylic acids is 8. The second-order valence-corrected chi connectivity index (χ2v) is 19.5. The van der Waals surface area contributed by atoms with E-state index in [-0.39, 0.29) is 123 Å². The minimum absolute atomic E-state index is 0.0206. The van der Waals surface area contributed by atoms with Crippen molar-refractivity contribution in [2.75, 3.05) is 105 Å². The second-order valence-electron chi connectivity index (χ2n) is 19.5. The number of carbonyl (C=O) groups is 14. The van der Waals surface area contributed by atoms with E-state index in [1.807, 2.05) is 0 Å². The van der Waals surface area contributed by atoms with Gasteiger partial charge in [-0.25, -0.2) is 0 Å². The van der Waals surface area contributed by atoms with Gasteiger partial charge in [0.05, 0.1) is 85.0 Å². The number of rotatable bonds is 52. The van der Waals surface area contributed by atoms with Gasteiger partial charge in [-0.1, -0.05) is 0 Å². The van der Waals surface area contributed by atoms with E-state index in [2.05, 4.69) is 21.3 Å². The highest BCUT2D eigenvalue weighted by Gasteiger charge is 2.36. The zero-order valence-electron chi connectivity index (χ0n) is 46.7. The summed E-state index contributed by atoms with van der Waals surface area (Å²) in [7, 11) is 0. The molecule has 3 atom stereocenters. The van der Waals surface area contributed by atoms with Crippen LogP contribution in [0.4, 0.5) is 0 Å². The summed E-state index contributed by atoms with van der Waals surface area (Å²) in [5.74, 6) is -15.2. The first-order valence-electron chi connectivity index (χ1n) is 26.8. The molecule has 35 heteroatoms. The predicted octanol–water partition coefficient (Wildman–Crippen LogP) is -4.76. The van der Waals surface area contributed by atoms with Crippen LogP contribution in [0.1, 0.15) is 83.5 Å². The molecule has 0 bridgehead atoms. The summed E-state index contributed by atoms with van der Waals surface area (Å²) >= 11 is 0. The summed E-state index contributed by atoms with van der Waals surface area (Å²) < 4.78 is 17.6. The lowest BCUT2D eigenvalue weighted by atomic mass is 10.0. The number of aliphatic hydroxyl groups is 2. The molecule has 3 unspecified atom stereocenters. The number of aliphatic hydroxyl groups excluding tert-OH is 1. The molecule has 0 aromatic carbocycles. The number of aliphatic carboxylic acids is 8. The maximum absolute atomic E-state index is 13.6. The number of nitrogens with zero attached hydrogens (tertiary/aromatic N) is 4. The Morgan fingerprint density at radius 1 is 0.447 bits per heavy atom. The molecule has 14 N–H and O–H groups in total. The summed E-state index contributed by atoms with van der Waals surface area (Å²) in [4.78, 5) is 171. The molecule has 0 aliphatic carbocycles. The quantitative estimate of drug-likeness (QED) is 0.0154. The van der Waals surface area contributed by atoms with E-state index in [1.165, 1.54) is 0 Å². The van der Waals surface area contributed by atoms with Crippen molar-refractivity contribution in [3.8, 4) is 0 Å². The fraction of sp³-hybridized carbons (Fsp3) is 0.680. The van der Waals surface area contributed by atoms with E-state index in [0.717, 1.165) is 31.8 Å². The maximum Gasteiger partial charge on any atom is 0.320 e. The highest BCUT2D eigenvalue weighted by molar-refractivity contribution is 6.13. The van der Waals surface area contributed by atoms with Gasteiger partial charge in [0.15, 0.2) is 6.29 Å². The van der Waals surface area contributed by atoms with Gasteiger partial charge in [-0.05, 0) is 57.8 Å². The molecule has 0 fully saturated rings. The van der Waals surface area contributed by atoms with E-state index < -0.39 is 179 Å². The average Bonchev–Trinajstić information content (AvgIpc) is 3.74. The molecule has 0 radical (unpaired) electrons. The zero-order valence-corrected chi connectivity index (χ0v) is 46.7. The lowest BCUT2D eigenvalue weighted by molar-refractivity contribution is -0.152. The lowest BCUT2D eigenvalue weighted by Gasteiger charge is -2.34. The molecule has 0 aromatic rings. The Morgan fingerprint density at radius 2 is 0.765 bits per heavy atom. The minimum atomic E-state index is -2.08. The standard InChI is InChI=1S/C50H78N8O27/c59-35(51-16-4-1-7-32(47(77)78)55(23-41(65)66)24-42(67)68)13-20-83-29-50(54-38(62)12-19-58-39(63)10-11-40(58)64,30-84-21-14-36(60)52-17-5-2-8-33(48(79)80)56(25-43(69)70)26-44(71)72)31-85-22-15-37(61)53-18-6-3-9-34(49(81)82)57(27-45(73)74)28-46(75)76/h10-11,32-34,47,77-78H,1-9,12-31H2,(H,51,59)(H,52,60)(H,53,61)(H,54,62)(H,65,66)(H,67,68)(H,69,70)(H,71,72)(H,73,74)(H,75,76)(H,79,80)(H,81,82). The molecule has 85 heavy (non-hydrogen) atoms. The molecule has 35 nitrogen and oxygen atoms in total. The number of unbranched alkanes of at least 4 members (excludes halogenated alkanes) is 3. The van der Waals surface area contributed by atoms with Gasteiger partial charge in [-0.15, -0.1) is 0 Å². The third-order valence-electron chi connectivity index (χ3n) is 12.4. The van der Waals surface area contributed by atoms with Crippen LogP contribution in [0, 0.1) is 0 Å². The van der Waals surface area contributed by atoms with Gasteiger partial charge in [0.25, 0.3) is 11.8 Å². The van der Waals surface area contributed by atoms with Gasteiger partial charge in [0, 0.05) is 64.0 Å². The van der Waals surface area contributed by atoms with E-state index >= 15 is 0 Å². The molecule has 0 spiro atoms. The summed E-state index contributed by atoms with van der Waals surface area (Å²) in [5, 5.41) is 104. The fourth-order valence-corrected chi connectivity index (χ4v) is 8.44. The Morgan fingerprint density at radius 3 is 1.07 bits per heavy atom. The van der Waals surface area contributed by atoms with Gasteiger partial charge in [0.1, 0.15) is 17.6 Å². The molecule has 1 heterocycles. The maximum atomic E-state index is 13.6. The van der Waals surface area contributed by atoms with Gasteiger partial charge in [-0.3, -0.25) is 86.7 Å². The van der Waals surface area contributed by atoms with E-state index in [1.54, 1.807) is 0 Å². The van der Waals surface area contributed by atoms with Crippen LogP contribution in [-0.2, 0) is 81.3 Å². The molecule has 1 aliphatic rings. The van der Waals surface area contributed by atoms with E-state index in [0.29, 0.717) is 0 Å². The molecule has 1 rings (SSSR count). The Bertz CT molecular complexity index is 2150. The number of imide groups is 1. The van der Waals surface area contributed by atoms with Crippen molar-refractivity contribution < 1.29 is 132 Å². The fourth-order valence-electron chi connectivity index (χ4n) is 8.44. The summed E-state index contributed by atoms with van der Waals surface area (Å²) in [6.45, 7) is -7.55. The van der Waals surface area contributed by atoms with Gasteiger partial charge in [0.2, 0.25) is 23.6 Å². The van der Waals surface area contributed by atoms with Gasteiger partial charge in [-0.2, -0.15) is 0 Å². The molecule has 480 valence electrons. The summed E-state index contributed by atoms with van der Waals surface area (Å²) in [6, 6.07) is -4.14. The number of amides is 6. The Hall–Kier alpha value is -7.80. The van der Waals surface area contributed by atoms with Crippen LogP contribution in [0.3, 0.4) is 0 Å². The summed E-state index contributed by atoms with van der Waals surface area (Å²) in [5.41, 5.74) is -1.69. The van der Waals surface area contributed by atoms with E-state index in [9.17, 15) is 97.8 Å². The second kappa shape index (κ2) is 41.3. The topological polar surface area (TPSA) is 530 Å². The third-order valence-corrected chi connectivity index (χ3v) is 12.4. The Balaban J connectivity index is 3.16. The van der Waals surface area contributed by atoms with Crippen molar-refractivity contribution in [2.45, 2.75) is 113 Å². The first kappa shape index (κ1) is 75.2. The largest absolute Gasteiger partial charge is 0.480 e. The first-order valence-corrected chi connectivity index (χ1v) is 26.8. The van der Waals surface area contributed by atoms with Crippen molar-refractivity contribution in [2.24, 2.45) is 0 Å². The minimum Gasteiger partial charge on any atom is -0.480 e. The van der Waals surface area contributed by atoms with Crippen LogP contribution >= 0.6 is 0 Å². The smallest absolute Gasteiger partial charge is 0.320 e. The Kier molecular flexibility index (Phi) is 36.5. The molecular formula is C50H78N8O27. The highest BCUT2D eigenvalue weighted by atomic mass is 16.5. The van der Waals surface area contributed by atoms with Crippen molar-refractivity contribution >= 4 is 83.2 Å². The van der Waals surface area contributed by atoms with Crippen molar-refractivity contribution in [3.63, 3.8) is 0 Å². The highest BCUT2D eigenvalue weighted by Crippen LogP contribution is 2.16. The van der Waals surface area contributed by atoms with Crippen LogP contribution in [0.5, 0.6) is 0 Å². The number of nitrogens with one attached hydrogen (secondary N) is 4. The molecular weight excluding hydrogens is 1140 g/mol. The zero-order chi connectivity index (χ0) is 64.1. The van der Waals surface area contributed by atoms with Crippen LogP contribution in [-0.4, -0.2) is 289 Å². The SMILES string of the molecule is O=C(O)CN(CC(=O)O)C(CCCCNC(=O)CCOCC(COCCC(=O)NCCCCC(C(=O)O)N(CC(=O)O)CC(=O)O)(COCCC(=O)NCCCCC(C(O)O)N(CC(=O)O)CC(=O)O)NC(=O)CCN1C(=O)C=CC1=O)C(=O)O. The molecule has 1 aliphatic heterocycles. The number of carboxylic acid groups (broad SMARTS) is 8. The number of carbonyl (C=O) groups excluding carboxylic acids is 6. The average molecular weight is 1220 g/mol. The molecule has 0 aromatic heterocycles. The van der Waals surface area contributed by atoms with Crippen LogP contribution in [0.2, 0.25) is 0 Å². The normalized spacial score (nSPS) is 14.0. The van der Waals surface area contributed by atoms with Crippen molar-refractivity contribution in [1.29, 1.82) is 0 Å². The monoisotopic (exact) mass is 1220 g/mol. The number of ether oxygens (including phenoxy) is 3. The Labute approximate surface area is 486 Å². The molecule has 0 saturated carbocycles. The predicted molar refractivity (Wildman–Crippen MR) is 284 cm³/mol. The van der Waals surface area contributed by atoms with E-state index in [4.69, 9.17) is 34.6 Å². The molecule has 6 amide bonds. The lowest BCUT2D eigenvalue weighted by Crippen LogP contribution is -2.59. The van der Waals surface area contributed by atoms with Crippen LogP contribution in [0.15, 0.2) is 12.2 Å². The molecule has 0 saturated heterocycles.